The van der Waals surface area contributed by atoms with Crippen molar-refractivity contribution >= 4 is 22.9 Å². The summed E-state index contributed by atoms with van der Waals surface area (Å²) < 4.78 is 4.66. The summed E-state index contributed by atoms with van der Waals surface area (Å²) in [6, 6.07) is 0.202. The molecule has 0 amide bonds. The Bertz CT molecular complexity index is 619. The molecule has 0 aliphatic rings. The lowest BCUT2D eigenvalue weighted by Gasteiger charge is -2.21. The summed E-state index contributed by atoms with van der Waals surface area (Å²) in [7, 11) is 3.79. The second-order valence-corrected chi connectivity index (χ2v) is 6.45. The molecule has 2 N–H and O–H groups in total. The molecule has 0 aliphatic heterocycles. The van der Waals surface area contributed by atoms with E-state index in [1.807, 2.05) is 32.8 Å². The third-order valence-electron chi connectivity index (χ3n) is 3.33. The summed E-state index contributed by atoms with van der Waals surface area (Å²) in [4.78, 5) is 10.7. The van der Waals surface area contributed by atoms with Gasteiger partial charge in [0.2, 0.25) is 11.3 Å². The Labute approximate surface area is 129 Å². The van der Waals surface area contributed by atoms with E-state index in [0.717, 1.165) is 19.3 Å². The highest BCUT2D eigenvalue weighted by Crippen LogP contribution is 2.23. The van der Waals surface area contributed by atoms with Crippen molar-refractivity contribution in [2.75, 3.05) is 24.3 Å². The van der Waals surface area contributed by atoms with E-state index in [4.69, 9.17) is 0 Å². The van der Waals surface area contributed by atoms with Gasteiger partial charge in [-0.2, -0.15) is 0 Å². The summed E-state index contributed by atoms with van der Waals surface area (Å²) in [6.07, 6.45) is 2.61. The van der Waals surface area contributed by atoms with Crippen LogP contribution in [0.1, 0.15) is 40.0 Å². The molecule has 0 fully saturated rings. The third-order valence-corrected chi connectivity index (χ3v) is 3.33. The Morgan fingerprint density at radius 3 is 2.45 bits per heavy atom. The van der Waals surface area contributed by atoms with Crippen molar-refractivity contribution < 1.29 is 9.74 Å². The fourth-order valence-corrected chi connectivity index (χ4v) is 2.18. The number of aromatic nitrogens is 4. The Kier molecular flexibility index (Phi) is 4.80. The van der Waals surface area contributed by atoms with Crippen molar-refractivity contribution in [2.45, 2.75) is 51.7 Å². The van der Waals surface area contributed by atoms with Crippen LogP contribution in [-0.2, 0) is 0 Å². The fraction of sp³-hybridized carbons (Fsp3) is 0.714. The summed E-state index contributed by atoms with van der Waals surface area (Å²) in [5, 5.41) is 20.6. The van der Waals surface area contributed by atoms with Gasteiger partial charge in [0.25, 0.3) is 0 Å². The van der Waals surface area contributed by atoms with Crippen LogP contribution in [0.5, 0.6) is 0 Å². The maximum absolute atomic E-state index is 9.76. The minimum Gasteiger partial charge on any atom is -0.390 e. The molecule has 0 spiro atoms. The fourth-order valence-electron chi connectivity index (χ4n) is 2.18. The van der Waals surface area contributed by atoms with Gasteiger partial charge in [-0.3, -0.25) is 0 Å². The van der Waals surface area contributed by atoms with Crippen LogP contribution in [0.25, 0.3) is 11.3 Å². The van der Waals surface area contributed by atoms with Crippen LogP contribution in [0.3, 0.4) is 0 Å². The second kappa shape index (κ2) is 6.43. The standard InChI is InChI=1S/C14H24N6O2/c1-9(7-6-8-14(2,3)21)15-12-13(20(4)5)17-11-10(16-12)18-22-19-11/h9,21H,6-8H2,1-5H3,(H,15,16,18). The summed E-state index contributed by atoms with van der Waals surface area (Å²) >= 11 is 0. The van der Waals surface area contributed by atoms with E-state index in [2.05, 4.69) is 37.2 Å². The molecule has 0 aromatic carbocycles. The molecule has 0 radical (unpaired) electrons. The van der Waals surface area contributed by atoms with E-state index in [-0.39, 0.29) is 6.04 Å². The molecule has 2 aromatic heterocycles. The number of fused-ring (bicyclic) bond motifs is 1. The van der Waals surface area contributed by atoms with E-state index >= 15 is 0 Å². The molecule has 1 unspecified atom stereocenters. The van der Waals surface area contributed by atoms with Gasteiger partial charge in [0.05, 0.1) is 5.60 Å². The van der Waals surface area contributed by atoms with Gasteiger partial charge in [-0.25, -0.2) is 14.6 Å². The first-order chi connectivity index (χ1) is 10.3. The number of anilines is 2. The lowest BCUT2D eigenvalue weighted by atomic mass is 10.00. The Balaban J connectivity index is 2.07. The lowest BCUT2D eigenvalue weighted by Crippen LogP contribution is -2.23. The van der Waals surface area contributed by atoms with Gasteiger partial charge in [0.1, 0.15) is 0 Å². The average Bonchev–Trinajstić information content (AvgIpc) is 2.83. The highest BCUT2D eigenvalue weighted by molar-refractivity contribution is 5.73. The van der Waals surface area contributed by atoms with E-state index < -0.39 is 5.60 Å². The first kappa shape index (κ1) is 16.4. The molecule has 1 atom stereocenters. The van der Waals surface area contributed by atoms with Gasteiger partial charge >= 0.3 is 0 Å². The number of aliphatic hydroxyl groups is 1. The number of nitrogens with one attached hydrogen (secondary N) is 1. The maximum atomic E-state index is 9.76. The number of nitrogens with zero attached hydrogens (tertiary/aromatic N) is 5. The highest BCUT2D eigenvalue weighted by atomic mass is 16.6. The highest BCUT2D eigenvalue weighted by Gasteiger charge is 2.17. The molecule has 0 aliphatic carbocycles. The van der Waals surface area contributed by atoms with Crippen molar-refractivity contribution in [1.82, 2.24) is 20.3 Å². The summed E-state index contributed by atoms with van der Waals surface area (Å²) in [5.41, 5.74) is 0.153. The molecule has 2 rings (SSSR count). The van der Waals surface area contributed by atoms with Gasteiger partial charge in [0.15, 0.2) is 11.6 Å². The molecule has 8 nitrogen and oxygen atoms in total. The molecule has 0 saturated heterocycles. The first-order valence-corrected chi connectivity index (χ1v) is 7.43. The van der Waals surface area contributed by atoms with Gasteiger partial charge in [0, 0.05) is 20.1 Å². The van der Waals surface area contributed by atoms with Crippen LogP contribution in [0, 0.1) is 0 Å². The second-order valence-electron chi connectivity index (χ2n) is 6.45. The van der Waals surface area contributed by atoms with E-state index in [1.165, 1.54) is 0 Å². The maximum Gasteiger partial charge on any atom is 0.245 e. The third kappa shape index (κ3) is 4.27. The number of rotatable bonds is 7. The molecule has 0 saturated carbocycles. The van der Waals surface area contributed by atoms with Gasteiger partial charge < -0.3 is 15.3 Å². The first-order valence-electron chi connectivity index (χ1n) is 7.43. The van der Waals surface area contributed by atoms with Crippen molar-refractivity contribution in [2.24, 2.45) is 0 Å². The molecule has 8 heteroatoms. The topological polar surface area (TPSA) is 100 Å². The predicted octanol–water partition coefficient (Wildman–Crippen LogP) is 1.82. The quantitative estimate of drug-likeness (QED) is 0.799. The molecule has 122 valence electrons. The Morgan fingerprint density at radius 1 is 1.23 bits per heavy atom. The van der Waals surface area contributed by atoms with Crippen molar-refractivity contribution in [3.05, 3.63) is 0 Å². The van der Waals surface area contributed by atoms with Crippen molar-refractivity contribution in [1.29, 1.82) is 0 Å². The molecule has 22 heavy (non-hydrogen) atoms. The van der Waals surface area contributed by atoms with Gasteiger partial charge in [-0.1, -0.05) is 0 Å². The van der Waals surface area contributed by atoms with E-state index in [9.17, 15) is 5.11 Å². The minimum atomic E-state index is -0.625. The van der Waals surface area contributed by atoms with Crippen LogP contribution in [-0.4, -0.2) is 51.1 Å². The summed E-state index contributed by atoms with van der Waals surface area (Å²) in [5.74, 6) is 1.35. The zero-order valence-electron chi connectivity index (χ0n) is 13.8. The van der Waals surface area contributed by atoms with Gasteiger partial charge in [-0.15, -0.1) is 0 Å². The zero-order chi connectivity index (χ0) is 16.3. The van der Waals surface area contributed by atoms with Crippen molar-refractivity contribution in [3.63, 3.8) is 0 Å². The zero-order valence-corrected chi connectivity index (χ0v) is 13.8. The molecular weight excluding hydrogens is 284 g/mol. The minimum absolute atomic E-state index is 0.202. The lowest BCUT2D eigenvalue weighted by molar-refractivity contribution is 0.0680. The number of hydrogen-bond donors (Lipinski definition) is 2. The van der Waals surface area contributed by atoms with Crippen LogP contribution in [0.2, 0.25) is 0 Å². The number of hydrogen-bond acceptors (Lipinski definition) is 8. The van der Waals surface area contributed by atoms with Crippen molar-refractivity contribution in [3.8, 4) is 0 Å². The predicted molar refractivity (Wildman–Crippen MR) is 85.0 cm³/mol. The normalized spacial score (nSPS) is 13.4. The molecular formula is C14H24N6O2. The van der Waals surface area contributed by atoms with Crippen LogP contribution >= 0.6 is 0 Å². The average molecular weight is 308 g/mol. The monoisotopic (exact) mass is 308 g/mol. The SMILES string of the molecule is CC(CCCC(C)(C)O)Nc1nc2nonc2nc1N(C)C. The molecule has 2 heterocycles. The Morgan fingerprint density at radius 2 is 1.86 bits per heavy atom. The summed E-state index contributed by atoms with van der Waals surface area (Å²) in [6.45, 7) is 5.73. The largest absolute Gasteiger partial charge is 0.390 e. The van der Waals surface area contributed by atoms with E-state index in [1.54, 1.807) is 0 Å². The Hall–Kier alpha value is -1.96. The van der Waals surface area contributed by atoms with Gasteiger partial charge in [-0.05, 0) is 50.3 Å². The molecule has 2 aromatic rings. The smallest absolute Gasteiger partial charge is 0.245 e. The molecule has 0 bridgehead atoms. The van der Waals surface area contributed by atoms with Crippen LogP contribution < -0.4 is 10.2 Å². The van der Waals surface area contributed by atoms with Crippen LogP contribution in [0.4, 0.5) is 11.6 Å². The van der Waals surface area contributed by atoms with Crippen LogP contribution in [0.15, 0.2) is 4.63 Å². The van der Waals surface area contributed by atoms with E-state index in [0.29, 0.717) is 22.9 Å².